The molecule has 1 N–H and O–H groups in total. The van der Waals surface area contributed by atoms with Gasteiger partial charge in [0.2, 0.25) is 17.6 Å². The number of ether oxygens (including phenoxy) is 1. The number of carbonyl (C=O) groups excluding carboxylic acids is 5. The average Bonchev–Trinajstić information content (AvgIpc) is 3.55. The van der Waals surface area contributed by atoms with Gasteiger partial charge < -0.3 is 9.84 Å². The molecule has 6 atom stereocenters. The zero-order valence-corrected chi connectivity index (χ0v) is 32.1. The van der Waals surface area contributed by atoms with Crippen LogP contribution in [-0.2, 0) is 19.2 Å². The maximum absolute atomic E-state index is 15.4. The summed E-state index contributed by atoms with van der Waals surface area (Å²) in [6.45, 7) is 0. The van der Waals surface area contributed by atoms with Gasteiger partial charge in [0.25, 0.3) is 11.8 Å². The molecular weight excluding hydrogens is 866 g/mol. The van der Waals surface area contributed by atoms with Crippen molar-refractivity contribution in [3.8, 4) is 11.5 Å². The lowest BCUT2D eigenvalue weighted by atomic mass is 9.56. The van der Waals surface area contributed by atoms with Crippen LogP contribution in [0.5, 0.6) is 11.5 Å². The zero-order chi connectivity index (χ0) is 41.0. The highest BCUT2D eigenvalue weighted by molar-refractivity contribution is 9.10. The average molecular weight is 890 g/mol. The lowest BCUT2D eigenvalue weighted by molar-refractivity contribution is -0.125. The Balaban J connectivity index is 1.26. The van der Waals surface area contributed by atoms with Gasteiger partial charge in [-0.25, -0.2) is 26.9 Å². The standard InChI is InChI=1S/C40H24BrCl2F5N2O7/c1-57-24-14-18(41)13-22(34(24)52)26-20-11-12-21-25(36(54)49(35(21)53)19-9-7-17(8-10-19)33(51)16-5-3-2-4-6-16)23(20)15-39(42)37(55)50(38(56)40(26,39)43)32-30(47)28(45)27(44)29(46)31(32)48/h2-11,13-14,21,23,25-26,52H,12,15H2,1H3. The van der Waals surface area contributed by atoms with Gasteiger partial charge in [0.15, 0.2) is 50.3 Å². The minimum Gasteiger partial charge on any atom is -0.504 e. The number of halogens is 8. The van der Waals surface area contributed by atoms with Crippen LogP contribution in [0.25, 0.3) is 0 Å². The van der Waals surface area contributed by atoms with E-state index < -0.39 is 104 Å². The first-order chi connectivity index (χ1) is 27.0. The summed E-state index contributed by atoms with van der Waals surface area (Å²) in [6.07, 6.45) is 0.636. The number of allylic oxidation sites excluding steroid dienone is 2. The molecule has 2 heterocycles. The first kappa shape index (κ1) is 38.7. The molecule has 2 aliphatic heterocycles. The number of carbonyl (C=O) groups is 5. The Morgan fingerprint density at radius 2 is 1.40 bits per heavy atom. The molecule has 4 aromatic rings. The summed E-state index contributed by atoms with van der Waals surface area (Å²) >= 11 is 17.7. The highest BCUT2D eigenvalue weighted by Crippen LogP contribution is 2.67. The van der Waals surface area contributed by atoms with Crippen LogP contribution < -0.4 is 14.5 Å². The number of hydrogen-bond acceptors (Lipinski definition) is 7. The molecule has 292 valence electrons. The number of benzene rings is 4. The second kappa shape index (κ2) is 13.5. The van der Waals surface area contributed by atoms with Crippen LogP contribution in [0, 0.1) is 46.8 Å². The second-order valence-electron chi connectivity index (χ2n) is 14.0. The van der Waals surface area contributed by atoms with E-state index in [0.717, 1.165) is 4.90 Å². The van der Waals surface area contributed by atoms with E-state index in [4.69, 9.17) is 27.9 Å². The van der Waals surface area contributed by atoms with Gasteiger partial charge in [0.1, 0.15) is 5.69 Å². The van der Waals surface area contributed by atoms with E-state index in [2.05, 4.69) is 15.9 Å². The molecule has 2 saturated heterocycles. The third-order valence-corrected chi connectivity index (χ3v) is 13.1. The van der Waals surface area contributed by atoms with E-state index in [1.807, 2.05) is 0 Å². The molecule has 0 radical (unpaired) electrons. The number of ketones is 1. The van der Waals surface area contributed by atoms with Gasteiger partial charge >= 0.3 is 0 Å². The molecule has 8 rings (SSSR count). The summed E-state index contributed by atoms with van der Waals surface area (Å²) in [5.74, 6) is -23.7. The molecule has 2 aliphatic carbocycles. The summed E-state index contributed by atoms with van der Waals surface area (Å²) in [6, 6.07) is 16.8. The second-order valence-corrected chi connectivity index (χ2v) is 16.1. The molecule has 4 amide bonds. The minimum absolute atomic E-state index is 0.115. The quantitative estimate of drug-likeness (QED) is 0.0398. The number of aromatic hydroxyl groups is 1. The number of fused-ring (bicyclic) bond motifs is 4. The van der Waals surface area contributed by atoms with Crippen molar-refractivity contribution in [3.63, 3.8) is 0 Å². The number of nitrogens with zero attached hydrogens (tertiary/aromatic N) is 2. The molecule has 4 aliphatic rings. The lowest BCUT2D eigenvalue weighted by Gasteiger charge is -2.50. The number of rotatable bonds is 6. The molecule has 0 spiro atoms. The molecule has 57 heavy (non-hydrogen) atoms. The van der Waals surface area contributed by atoms with E-state index in [0.29, 0.717) is 5.56 Å². The van der Waals surface area contributed by atoms with Gasteiger partial charge in [0, 0.05) is 27.1 Å². The normalized spacial score (nSPS) is 26.6. The summed E-state index contributed by atoms with van der Waals surface area (Å²) in [4.78, 5) is 65.6. The molecule has 0 bridgehead atoms. The zero-order valence-electron chi connectivity index (χ0n) is 29.0. The Hall–Kier alpha value is -5.12. The number of amides is 4. The van der Waals surface area contributed by atoms with Gasteiger partial charge in [-0.3, -0.25) is 28.9 Å². The topological polar surface area (TPSA) is 121 Å². The Bertz CT molecular complexity index is 2500. The third kappa shape index (κ3) is 5.27. The van der Waals surface area contributed by atoms with Crippen molar-refractivity contribution in [3.05, 3.63) is 129 Å². The number of anilines is 2. The highest BCUT2D eigenvalue weighted by atomic mass is 79.9. The van der Waals surface area contributed by atoms with Gasteiger partial charge in [0.05, 0.1) is 24.6 Å². The lowest BCUT2D eigenvalue weighted by Crippen LogP contribution is -2.60. The van der Waals surface area contributed by atoms with E-state index in [1.54, 1.807) is 30.3 Å². The maximum atomic E-state index is 15.4. The fraction of sp³-hybridized carbons (Fsp3) is 0.225. The number of imide groups is 2. The first-order valence-electron chi connectivity index (χ1n) is 17.1. The summed E-state index contributed by atoms with van der Waals surface area (Å²) in [7, 11) is 1.21. The van der Waals surface area contributed by atoms with Gasteiger partial charge in [-0.2, -0.15) is 0 Å². The minimum atomic E-state index is -2.85. The molecule has 4 aromatic carbocycles. The van der Waals surface area contributed by atoms with Crippen molar-refractivity contribution < 1.29 is 55.8 Å². The molecular formula is C40H24BrCl2F5N2O7. The Kier molecular flexibility index (Phi) is 9.17. The van der Waals surface area contributed by atoms with Crippen LogP contribution in [0.1, 0.15) is 40.2 Å². The van der Waals surface area contributed by atoms with E-state index in [9.17, 15) is 42.3 Å². The molecule has 1 saturated carbocycles. The van der Waals surface area contributed by atoms with Gasteiger partial charge in [-0.15, -0.1) is 23.2 Å². The summed E-state index contributed by atoms with van der Waals surface area (Å²) < 4.78 is 79.5. The molecule has 6 unspecified atom stereocenters. The number of methoxy groups -OCH3 is 1. The fourth-order valence-corrected chi connectivity index (χ4v) is 10.0. The first-order valence-corrected chi connectivity index (χ1v) is 18.7. The predicted octanol–water partition coefficient (Wildman–Crippen LogP) is 7.86. The SMILES string of the molecule is COc1cc(Br)cc(C2C3=CCC4C(=O)N(c5ccc(C(=O)c6ccccc6)cc5)C(=O)C4C3CC3(Cl)C(=O)N(c4c(F)c(F)c(F)c(F)c4F)C(=O)C23Cl)c1O. The fourth-order valence-electron chi connectivity index (χ4n) is 8.65. The summed E-state index contributed by atoms with van der Waals surface area (Å²) in [5, 5.41) is 11.5. The van der Waals surface area contributed by atoms with Crippen LogP contribution in [0.4, 0.5) is 33.3 Å². The van der Waals surface area contributed by atoms with Crippen molar-refractivity contribution in [2.24, 2.45) is 17.8 Å². The monoisotopic (exact) mass is 888 g/mol. The van der Waals surface area contributed by atoms with Crippen molar-refractivity contribution in [2.45, 2.75) is 28.5 Å². The van der Waals surface area contributed by atoms with Crippen LogP contribution in [0.2, 0.25) is 0 Å². The van der Waals surface area contributed by atoms with E-state index in [-0.39, 0.29) is 49.7 Å². The third-order valence-electron chi connectivity index (χ3n) is 11.2. The predicted molar refractivity (Wildman–Crippen MR) is 198 cm³/mol. The molecule has 17 heteroatoms. The van der Waals surface area contributed by atoms with Crippen LogP contribution in [0.3, 0.4) is 0 Å². The smallest absolute Gasteiger partial charge is 0.258 e. The van der Waals surface area contributed by atoms with E-state index in [1.165, 1.54) is 49.6 Å². The highest BCUT2D eigenvalue weighted by Gasteiger charge is 2.77. The van der Waals surface area contributed by atoms with E-state index >= 15 is 8.78 Å². The summed E-state index contributed by atoms with van der Waals surface area (Å²) in [5.41, 5.74) is -1.21. The maximum Gasteiger partial charge on any atom is 0.258 e. The van der Waals surface area contributed by atoms with Crippen molar-refractivity contribution in [2.75, 3.05) is 16.9 Å². The molecule has 0 aromatic heterocycles. The number of phenolic OH excluding ortho intramolecular Hbond substituents is 1. The number of alkyl halides is 2. The van der Waals surface area contributed by atoms with Gasteiger partial charge in [-0.05, 0) is 55.2 Å². The van der Waals surface area contributed by atoms with Crippen molar-refractivity contribution in [1.29, 1.82) is 0 Å². The number of hydrogen-bond donors (Lipinski definition) is 1. The molecule has 3 fully saturated rings. The van der Waals surface area contributed by atoms with Crippen LogP contribution in [0.15, 0.2) is 82.9 Å². The Morgan fingerprint density at radius 1 is 0.807 bits per heavy atom. The molecule has 9 nitrogen and oxygen atoms in total. The van der Waals surface area contributed by atoms with Crippen LogP contribution >= 0.6 is 39.1 Å². The Morgan fingerprint density at radius 3 is 2.02 bits per heavy atom. The largest absolute Gasteiger partial charge is 0.504 e. The van der Waals surface area contributed by atoms with Gasteiger partial charge in [-0.1, -0.05) is 57.9 Å². The van der Waals surface area contributed by atoms with Crippen molar-refractivity contribution >= 4 is 79.9 Å². The van der Waals surface area contributed by atoms with Crippen molar-refractivity contribution in [1.82, 2.24) is 0 Å². The Labute approximate surface area is 337 Å². The number of phenols is 1. The van der Waals surface area contributed by atoms with Crippen LogP contribution in [-0.4, -0.2) is 51.4 Å².